The van der Waals surface area contributed by atoms with Crippen molar-refractivity contribution in [2.45, 2.75) is 157 Å². The zero-order chi connectivity index (χ0) is 72.4. The van der Waals surface area contributed by atoms with E-state index in [4.69, 9.17) is 0 Å². The van der Waals surface area contributed by atoms with E-state index in [0.717, 1.165) is 11.4 Å². The molecule has 0 aromatic heterocycles. The van der Waals surface area contributed by atoms with Gasteiger partial charge in [-0.15, -0.1) is 0 Å². The van der Waals surface area contributed by atoms with E-state index in [9.17, 15) is 0 Å². The molecule has 0 radical (unpaired) electrons. The van der Waals surface area contributed by atoms with Crippen LogP contribution in [0.1, 0.15) is 158 Å². The van der Waals surface area contributed by atoms with E-state index in [1.807, 2.05) is 0 Å². The molecule has 4 heteroatoms. The van der Waals surface area contributed by atoms with Gasteiger partial charge in [0, 0.05) is 34.1 Å². The molecule has 510 valence electrons. The molecule has 4 aliphatic rings. The monoisotopic (exact) mass is 1340 g/mol. The van der Waals surface area contributed by atoms with Crippen molar-refractivity contribution < 1.29 is 0 Å². The molecule has 0 aliphatic carbocycles. The smallest absolute Gasteiger partial charge is 0.248 e. The maximum atomic E-state index is 2.78. The maximum absolute atomic E-state index is 2.78. The molecule has 4 heterocycles. The standard InChI is InChI=1S/C100H94B2N2/c1-95(2,3)63-51-75(97(7,8)9)87(76(52-63)98(10,11)12)67-55-69-73-47-61(59-35-23-19-24-36-59)49-85-93(73)102(80-44-32-34-46-84(80)103(85)65-39-27-21-28-40-65)82-58-72-68(88-77(99(13,14)15)53-64(96(4,5)6)54-78(88)100(16,17)18)56-70-74-48-62(60-37-25-20-26-38-60)50-86-94(74)101(81-57-71(67)91(89(69)82)92(72)90(70)81)79-43-31-33-45-83(79)104(86)66-41-29-22-30-42-66/h19-58H,1-18H3. The van der Waals surface area contributed by atoms with Gasteiger partial charge in [-0.2, -0.15) is 0 Å². The second-order valence-electron chi connectivity index (χ2n) is 36.8. The summed E-state index contributed by atoms with van der Waals surface area (Å²) in [4.78, 5) is 5.18. The van der Waals surface area contributed by atoms with E-state index in [0.29, 0.717) is 0 Å². The number of hydrogen-bond acceptors (Lipinski definition) is 2. The lowest BCUT2D eigenvalue weighted by Crippen LogP contribution is -2.60. The summed E-state index contributed by atoms with van der Waals surface area (Å²) in [5.41, 5.74) is 37.7. The van der Waals surface area contributed by atoms with E-state index < -0.39 is 0 Å². The maximum Gasteiger partial charge on any atom is 0.248 e. The van der Waals surface area contributed by atoms with Gasteiger partial charge in [0.1, 0.15) is 0 Å². The molecule has 2 nitrogen and oxygen atoms in total. The highest BCUT2D eigenvalue weighted by Crippen LogP contribution is 2.57. The Bertz CT molecular complexity index is 5460. The Kier molecular flexibility index (Phi) is 14.4. The molecule has 0 N–H and O–H groups in total. The number of anilines is 6. The molecule has 0 saturated carbocycles. The minimum atomic E-state index is -0.256. The van der Waals surface area contributed by atoms with Gasteiger partial charge in [0.05, 0.1) is 0 Å². The van der Waals surface area contributed by atoms with Crippen molar-refractivity contribution in [2.75, 3.05) is 9.80 Å². The Morgan fingerprint density at radius 2 is 0.538 bits per heavy atom. The fourth-order valence-corrected chi connectivity index (χ4v) is 18.8. The van der Waals surface area contributed by atoms with Gasteiger partial charge in [-0.1, -0.05) is 305 Å². The van der Waals surface area contributed by atoms with Gasteiger partial charge >= 0.3 is 0 Å². The molecular weight excluding hydrogens is 1250 g/mol. The highest BCUT2D eigenvalue weighted by Gasteiger charge is 2.47. The zero-order valence-electron chi connectivity index (χ0n) is 64.1. The average molecular weight is 1350 g/mol. The Hall–Kier alpha value is -10.2. The summed E-state index contributed by atoms with van der Waals surface area (Å²) < 4.78 is 0. The van der Waals surface area contributed by atoms with Crippen LogP contribution in [0.3, 0.4) is 0 Å². The van der Waals surface area contributed by atoms with Gasteiger partial charge in [-0.25, -0.2) is 0 Å². The van der Waals surface area contributed by atoms with Crippen molar-refractivity contribution in [3.8, 4) is 66.8 Å². The number of benzene rings is 14. The van der Waals surface area contributed by atoms with Gasteiger partial charge in [-0.3, -0.25) is 0 Å². The predicted molar refractivity (Wildman–Crippen MR) is 454 cm³/mol. The van der Waals surface area contributed by atoms with Crippen LogP contribution in [0.25, 0.3) is 99.1 Å². The van der Waals surface area contributed by atoms with Crippen LogP contribution in [0, 0.1) is 0 Å². The Labute approximate surface area is 618 Å². The number of fused-ring (bicyclic) bond motifs is 8. The minimum absolute atomic E-state index is 0.109. The summed E-state index contributed by atoms with van der Waals surface area (Å²) in [5.74, 6) is 0. The Morgan fingerprint density at radius 3 is 0.856 bits per heavy atom. The van der Waals surface area contributed by atoms with E-state index in [-0.39, 0.29) is 45.9 Å². The van der Waals surface area contributed by atoms with E-state index in [2.05, 4.69) is 377 Å². The molecule has 104 heavy (non-hydrogen) atoms. The molecule has 0 unspecified atom stereocenters. The van der Waals surface area contributed by atoms with Crippen molar-refractivity contribution in [1.29, 1.82) is 0 Å². The van der Waals surface area contributed by atoms with E-state index >= 15 is 0 Å². The lowest BCUT2D eigenvalue weighted by Gasteiger charge is -2.43. The summed E-state index contributed by atoms with van der Waals surface area (Å²) in [7, 11) is 0. The normalized spacial score (nSPS) is 14.0. The molecule has 14 aromatic carbocycles. The summed E-state index contributed by atoms with van der Waals surface area (Å²) in [6, 6.07) is 95.4. The molecule has 0 bridgehead atoms. The average Bonchev–Trinajstić information content (AvgIpc) is 0.662. The minimum Gasteiger partial charge on any atom is -0.311 e. The first-order valence-electron chi connectivity index (χ1n) is 38.0. The fraction of sp³-hybridized carbons (Fsp3) is 0.240. The van der Waals surface area contributed by atoms with Crippen LogP contribution in [-0.2, 0) is 32.5 Å². The SMILES string of the molecule is CC(C)(C)c1cc(C(C)(C)C)c(-c2cc3c4c(cc5c(-c6c(C(C)(C)C)cc(C(C)(C)C)cc6C(C)(C)C)cc6c7c(cc2c4c57)B2c4ccccc4N(c4ccccc4)c4cc(-c5ccccc5)cc-6c42)B2c4ccccc4N(c4ccccc4)c4cc(-c5ccccc5)cc-3c42)c(C(C)(C)C)c1. The number of para-hydroxylation sites is 4. The van der Waals surface area contributed by atoms with Crippen LogP contribution in [-0.4, -0.2) is 13.4 Å². The van der Waals surface area contributed by atoms with Gasteiger partial charge in [0.25, 0.3) is 0 Å². The first kappa shape index (κ1) is 65.8. The van der Waals surface area contributed by atoms with E-state index in [1.165, 1.54) is 188 Å². The van der Waals surface area contributed by atoms with Crippen LogP contribution in [0.15, 0.2) is 243 Å². The van der Waals surface area contributed by atoms with Gasteiger partial charge in [-0.05, 0) is 260 Å². The van der Waals surface area contributed by atoms with Crippen molar-refractivity contribution in [3.63, 3.8) is 0 Å². The highest BCUT2D eigenvalue weighted by molar-refractivity contribution is 7.02. The first-order valence-corrected chi connectivity index (χ1v) is 38.0. The summed E-state index contributed by atoms with van der Waals surface area (Å²) >= 11 is 0. The fourth-order valence-electron chi connectivity index (χ4n) is 18.8. The molecule has 0 fully saturated rings. The van der Waals surface area contributed by atoms with Gasteiger partial charge in [0.2, 0.25) is 13.4 Å². The number of nitrogens with zero attached hydrogens (tertiary/aromatic N) is 2. The lowest BCUT2D eigenvalue weighted by atomic mass is 9.31. The van der Waals surface area contributed by atoms with Crippen LogP contribution >= 0.6 is 0 Å². The molecule has 14 aromatic rings. The van der Waals surface area contributed by atoms with Gasteiger partial charge < -0.3 is 9.80 Å². The van der Waals surface area contributed by atoms with Crippen molar-refractivity contribution in [3.05, 3.63) is 276 Å². The van der Waals surface area contributed by atoms with Crippen LogP contribution in [0.4, 0.5) is 34.1 Å². The largest absolute Gasteiger partial charge is 0.311 e. The Morgan fingerprint density at radius 1 is 0.231 bits per heavy atom. The summed E-state index contributed by atoms with van der Waals surface area (Å²) in [6.07, 6.45) is 0. The molecule has 0 saturated heterocycles. The highest BCUT2D eigenvalue weighted by atomic mass is 15.2. The molecule has 18 rings (SSSR count). The molecule has 0 spiro atoms. The topological polar surface area (TPSA) is 6.48 Å². The number of hydrogen-bond donors (Lipinski definition) is 0. The predicted octanol–water partition coefficient (Wildman–Crippen LogP) is 23.6. The van der Waals surface area contributed by atoms with Crippen molar-refractivity contribution in [1.82, 2.24) is 0 Å². The quantitative estimate of drug-likeness (QED) is 0.121. The molecule has 0 atom stereocenters. The summed E-state index contributed by atoms with van der Waals surface area (Å²) in [6.45, 7) is 43.8. The molecule has 0 amide bonds. The summed E-state index contributed by atoms with van der Waals surface area (Å²) in [5, 5.41) is 8.10. The van der Waals surface area contributed by atoms with Crippen LogP contribution in [0.2, 0.25) is 0 Å². The second kappa shape index (κ2) is 22.7. The second-order valence-corrected chi connectivity index (χ2v) is 36.8. The van der Waals surface area contributed by atoms with Gasteiger partial charge in [0.15, 0.2) is 0 Å². The van der Waals surface area contributed by atoms with Crippen LogP contribution in [0.5, 0.6) is 0 Å². The third kappa shape index (κ3) is 9.96. The van der Waals surface area contributed by atoms with E-state index in [1.54, 1.807) is 0 Å². The molecular formula is C100H94B2N2. The first-order chi connectivity index (χ1) is 49.4. The molecule has 4 aliphatic heterocycles. The zero-order valence-corrected chi connectivity index (χ0v) is 64.1. The van der Waals surface area contributed by atoms with Crippen molar-refractivity contribution in [2.24, 2.45) is 0 Å². The third-order valence-electron chi connectivity index (χ3n) is 23.7. The van der Waals surface area contributed by atoms with Crippen LogP contribution < -0.4 is 42.6 Å². The third-order valence-corrected chi connectivity index (χ3v) is 23.7. The number of rotatable bonds is 6. The van der Waals surface area contributed by atoms with Crippen molar-refractivity contribution >= 4 is 113 Å². The Balaban J connectivity index is 1.14. The lowest BCUT2D eigenvalue weighted by molar-refractivity contribution is 0.550.